The first-order valence-corrected chi connectivity index (χ1v) is 5.65. The molecule has 0 aromatic rings. The first kappa shape index (κ1) is 12.0. The van der Waals surface area contributed by atoms with Crippen LogP contribution in [0.4, 0.5) is 0 Å². The fourth-order valence-electron chi connectivity index (χ4n) is 2.30. The van der Waals surface area contributed by atoms with Crippen molar-refractivity contribution in [2.24, 2.45) is 0 Å². The molecule has 0 aromatic heterocycles. The van der Waals surface area contributed by atoms with E-state index in [2.05, 4.69) is 46.1 Å². The molecule has 1 rings (SSSR count). The van der Waals surface area contributed by atoms with Crippen LogP contribution in [-0.2, 0) is 4.84 Å². The van der Waals surface area contributed by atoms with Gasteiger partial charge in [0.25, 0.3) is 0 Å². The third-order valence-electron chi connectivity index (χ3n) is 2.81. The van der Waals surface area contributed by atoms with E-state index in [0.717, 1.165) is 25.9 Å². The molecule has 0 amide bonds. The van der Waals surface area contributed by atoms with E-state index < -0.39 is 0 Å². The number of piperidine rings is 1. The minimum Gasteiger partial charge on any atom is -0.298 e. The Balaban J connectivity index is 2.70. The van der Waals surface area contributed by atoms with Crippen LogP contribution in [0.25, 0.3) is 0 Å². The summed E-state index contributed by atoms with van der Waals surface area (Å²) in [6.45, 7) is 12.0. The first-order valence-electron chi connectivity index (χ1n) is 5.65. The predicted octanol–water partition coefficient (Wildman–Crippen LogP) is 3.19. The molecule has 2 heteroatoms. The van der Waals surface area contributed by atoms with Gasteiger partial charge < -0.3 is 0 Å². The van der Waals surface area contributed by atoms with E-state index >= 15 is 0 Å². The molecule has 1 radical (unpaired) electrons. The number of hydrogen-bond acceptors (Lipinski definition) is 2. The molecule has 14 heavy (non-hydrogen) atoms. The molecule has 0 aliphatic carbocycles. The molecule has 0 spiro atoms. The summed E-state index contributed by atoms with van der Waals surface area (Å²) in [6.07, 6.45) is 5.68. The molecule has 0 bridgehead atoms. The Bertz CT molecular complexity index is 171. The van der Waals surface area contributed by atoms with E-state index in [1.807, 2.05) is 0 Å². The van der Waals surface area contributed by atoms with Gasteiger partial charge in [0.1, 0.15) is 0 Å². The summed E-state index contributed by atoms with van der Waals surface area (Å²) in [7, 11) is 0. The largest absolute Gasteiger partial charge is 0.298 e. The van der Waals surface area contributed by atoms with E-state index in [0.29, 0.717) is 0 Å². The molecule has 2 nitrogen and oxygen atoms in total. The summed E-state index contributed by atoms with van der Waals surface area (Å²) in [5, 5.41) is 2.20. The van der Waals surface area contributed by atoms with Crippen molar-refractivity contribution in [1.82, 2.24) is 5.06 Å². The van der Waals surface area contributed by atoms with E-state index in [1.54, 1.807) is 0 Å². The Kier molecular flexibility index (Phi) is 3.59. The quantitative estimate of drug-likeness (QED) is 0.690. The van der Waals surface area contributed by atoms with E-state index in [4.69, 9.17) is 4.84 Å². The number of hydrogen-bond donors (Lipinski definition) is 0. The van der Waals surface area contributed by atoms with Crippen molar-refractivity contribution in [1.29, 1.82) is 0 Å². The van der Waals surface area contributed by atoms with Gasteiger partial charge in [0, 0.05) is 11.1 Å². The molecule has 0 atom stereocenters. The molecule has 0 aromatic carbocycles. The maximum atomic E-state index is 5.88. The van der Waals surface area contributed by atoms with Crippen molar-refractivity contribution in [3.8, 4) is 0 Å². The average Bonchev–Trinajstić information content (AvgIpc) is 2.01. The normalized spacial score (nSPS) is 26.4. The molecule has 0 unspecified atom stereocenters. The molecule has 1 aliphatic rings. The molecular weight excluding hydrogens is 174 g/mol. The van der Waals surface area contributed by atoms with Crippen LogP contribution in [0.1, 0.15) is 53.9 Å². The Morgan fingerprint density at radius 3 is 2.07 bits per heavy atom. The third-order valence-corrected chi connectivity index (χ3v) is 2.81. The molecule has 0 N–H and O–H groups in total. The summed E-state index contributed by atoms with van der Waals surface area (Å²) in [5.74, 6) is 0. The predicted molar refractivity (Wildman–Crippen MR) is 59.8 cm³/mol. The van der Waals surface area contributed by atoms with Gasteiger partial charge in [0.05, 0.1) is 6.61 Å². The molecular formula is C12H24NO. The molecule has 83 valence electrons. The van der Waals surface area contributed by atoms with Gasteiger partial charge in [-0.3, -0.25) is 4.84 Å². The maximum absolute atomic E-state index is 5.88. The highest BCUT2D eigenvalue weighted by molar-refractivity contribution is 4.99. The van der Waals surface area contributed by atoms with Crippen molar-refractivity contribution >= 4 is 0 Å². The lowest BCUT2D eigenvalue weighted by Crippen LogP contribution is -2.58. The topological polar surface area (TPSA) is 12.5 Å². The monoisotopic (exact) mass is 198 g/mol. The smallest absolute Gasteiger partial charge is 0.0683 e. The lowest BCUT2D eigenvalue weighted by atomic mass is 9.82. The van der Waals surface area contributed by atoms with Crippen LogP contribution in [0.3, 0.4) is 0 Å². The summed E-state index contributed by atoms with van der Waals surface area (Å²) >= 11 is 0. The summed E-state index contributed by atoms with van der Waals surface area (Å²) in [4.78, 5) is 5.88. The highest BCUT2D eigenvalue weighted by atomic mass is 16.7. The summed E-state index contributed by atoms with van der Waals surface area (Å²) in [6, 6.07) is 0. The van der Waals surface area contributed by atoms with Gasteiger partial charge in [0.15, 0.2) is 0 Å². The SMILES string of the molecule is CCCON1C(C)(C)C[CH]CC1(C)C. The minimum atomic E-state index is 0.136. The Hall–Kier alpha value is -0.0800. The summed E-state index contributed by atoms with van der Waals surface area (Å²) < 4.78 is 0. The van der Waals surface area contributed by atoms with Gasteiger partial charge in [-0.05, 0) is 53.4 Å². The molecule has 1 heterocycles. The zero-order valence-corrected chi connectivity index (χ0v) is 10.3. The van der Waals surface area contributed by atoms with Gasteiger partial charge >= 0.3 is 0 Å². The minimum absolute atomic E-state index is 0.136. The van der Waals surface area contributed by atoms with Gasteiger partial charge in [0.2, 0.25) is 0 Å². The van der Waals surface area contributed by atoms with Crippen LogP contribution < -0.4 is 0 Å². The van der Waals surface area contributed by atoms with Gasteiger partial charge in [-0.25, -0.2) is 0 Å². The highest BCUT2D eigenvalue weighted by Gasteiger charge is 2.42. The lowest BCUT2D eigenvalue weighted by molar-refractivity contribution is -0.274. The Morgan fingerprint density at radius 2 is 1.64 bits per heavy atom. The van der Waals surface area contributed by atoms with Crippen molar-refractivity contribution in [2.45, 2.75) is 65.0 Å². The average molecular weight is 198 g/mol. The van der Waals surface area contributed by atoms with E-state index in [-0.39, 0.29) is 11.1 Å². The number of rotatable bonds is 3. The third kappa shape index (κ3) is 2.48. The number of nitrogens with zero attached hydrogens (tertiary/aromatic N) is 1. The maximum Gasteiger partial charge on any atom is 0.0683 e. The second-order valence-electron chi connectivity index (χ2n) is 5.45. The van der Waals surface area contributed by atoms with Crippen LogP contribution in [0.5, 0.6) is 0 Å². The lowest BCUT2D eigenvalue weighted by Gasteiger charge is -2.51. The van der Waals surface area contributed by atoms with Crippen LogP contribution in [-0.4, -0.2) is 22.7 Å². The second-order valence-corrected chi connectivity index (χ2v) is 5.45. The zero-order chi connectivity index (χ0) is 10.8. The van der Waals surface area contributed by atoms with Crippen molar-refractivity contribution in [3.63, 3.8) is 0 Å². The van der Waals surface area contributed by atoms with Crippen molar-refractivity contribution in [2.75, 3.05) is 6.61 Å². The van der Waals surface area contributed by atoms with Crippen molar-refractivity contribution in [3.05, 3.63) is 6.42 Å². The van der Waals surface area contributed by atoms with Crippen LogP contribution in [0.15, 0.2) is 0 Å². The Labute approximate surface area is 88.6 Å². The fourth-order valence-corrected chi connectivity index (χ4v) is 2.30. The standard InChI is InChI=1S/C12H24NO/c1-6-10-14-13-11(2,3)8-7-9-12(13,4)5/h7H,6,8-10H2,1-5H3. The van der Waals surface area contributed by atoms with Crippen LogP contribution >= 0.6 is 0 Å². The van der Waals surface area contributed by atoms with Crippen LogP contribution in [0.2, 0.25) is 0 Å². The second kappa shape index (κ2) is 4.19. The van der Waals surface area contributed by atoms with Gasteiger partial charge in [-0.2, -0.15) is 5.06 Å². The zero-order valence-electron chi connectivity index (χ0n) is 10.3. The molecule has 1 saturated heterocycles. The van der Waals surface area contributed by atoms with E-state index in [9.17, 15) is 0 Å². The molecule has 1 fully saturated rings. The highest BCUT2D eigenvalue weighted by Crippen LogP contribution is 2.37. The van der Waals surface area contributed by atoms with Gasteiger partial charge in [-0.15, -0.1) is 0 Å². The molecule has 0 saturated carbocycles. The van der Waals surface area contributed by atoms with Gasteiger partial charge in [-0.1, -0.05) is 6.92 Å². The molecule has 1 aliphatic heterocycles. The van der Waals surface area contributed by atoms with Crippen molar-refractivity contribution < 1.29 is 4.84 Å². The summed E-state index contributed by atoms with van der Waals surface area (Å²) in [5.41, 5.74) is 0.272. The first-order chi connectivity index (χ1) is 6.40. The van der Waals surface area contributed by atoms with E-state index in [1.165, 1.54) is 0 Å². The van der Waals surface area contributed by atoms with Crippen LogP contribution in [0, 0.1) is 6.42 Å². The Morgan fingerprint density at radius 1 is 1.14 bits per heavy atom. The fraction of sp³-hybridized carbons (Fsp3) is 0.917. The number of hydroxylamine groups is 2.